The summed E-state index contributed by atoms with van der Waals surface area (Å²) in [5, 5.41) is 11.7. The van der Waals surface area contributed by atoms with Crippen LogP contribution in [0.4, 0.5) is 19.0 Å². The Balaban J connectivity index is 0.000000480. The van der Waals surface area contributed by atoms with Crippen LogP contribution >= 0.6 is 0 Å². The first-order chi connectivity index (χ1) is 22.3. The minimum absolute atomic E-state index is 0.338. The number of carboxylic acids is 1. The van der Waals surface area contributed by atoms with E-state index in [4.69, 9.17) is 34.6 Å². The molecule has 0 radical (unpaired) electrons. The average Bonchev–Trinajstić information content (AvgIpc) is 3.52. The van der Waals surface area contributed by atoms with Crippen molar-refractivity contribution in [3.63, 3.8) is 0 Å². The van der Waals surface area contributed by atoms with Gasteiger partial charge in [0, 0.05) is 68.7 Å². The highest BCUT2D eigenvalue weighted by atomic mass is 19.4. The van der Waals surface area contributed by atoms with E-state index in [-0.39, 0.29) is 0 Å². The molecule has 0 bridgehead atoms. The highest BCUT2D eigenvalue weighted by Gasteiger charge is 2.38. The van der Waals surface area contributed by atoms with Gasteiger partial charge in [0.05, 0.1) is 34.5 Å². The van der Waals surface area contributed by atoms with E-state index in [1.807, 2.05) is 48.8 Å². The number of nitrogens with zero attached hydrogens (tertiary/aromatic N) is 6. The fourth-order valence-corrected chi connectivity index (χ4v) is 5.53. The van der Waals surface area contributed by atoms with E-state index >= 15 is 0 Å². The molecule has 0 unspecified atom stereocenters. The molecule has 13 heteroatoms. The maximum Gasteiger partial charge on any atom is 0.490 e. The van der Waals surface area contributed by atoms with Gasteiger partial charge in [0.25, 0.3) is 0 Å². The number of benzene rings is 1. The van der Waals surface area contributed by atoms with Crippen molar-refractivity contribution in [1.82, 2.24) is 29.7 Å². The first kappa shape index (κ1) is 31.1. The van der Waals surface area contributed by atoms with Gasteiger partial charge in [-0.3, -0.25) is 9.38 Å². The number of anilines is 1. The number of pyridine rings is 2. The Kier molecular flexibility index (Phi) is 9.22. The SMILES string of the molecule is C(=C\c1cn2c(-c3ccc(N4CCNCC4)nc3)cnc(C3CCOCC3)c2n1)/c1ccc2ccccc2n1.O=C(O)C(F)(F)F. The molecule has 0 amide bonds. The Bertz CT molecular complexity index is 1850. The minimum Gasteiger partial charge on any atom is -0.475 e. The quantitative estimate of drug-likeness (QED) is 0.261. The molecule has 1 aromatic carbocycles. The number of fused-ring (bicyclic) bond motifs is 2. The third kappa shape index (κ3) is 7.16. The molecule has 2 aliphatic heterocycles. The molecule has 0 spiro atoms. The molecule has 0 atom stereocenters. The lowest BCUT2D eigenvalue weighted by molar-refractivity contribution is -0.192. The fraction of sp³-hybridized carbons (Fsp3) is 0.303. The monoisotopic (exact) mass is 631 g/mol. The smallest absolute Gasteiger partial charge is 0.475 e. The number of halogens is 3. The first-order valence-electron chi connectivity index (χ1n) is 15.0. The molecule has 7 rings (SSSR count). The molecule has 0 saturated carbocycles. The predicted octanol–water partition coefficient (Wildman–Crippen LogP) is 5.45. The van der Waals surface area contributed by atoms with Gasteiger partial charge in [-0.1, -0.05) is 24.3 Å². The van der Waals surface area contributed by atoms with Crippen LogP contribution < -0.4 is 10.2 Å². The molecule has 0 aliphatic carbocycles. The molecule has 6 heterocycles. The summed E-state index contributed by atoms with van der Waals surface area (Å²) in [7, 11) is 0. The van der Waals surface area contributed by atoms with Crippen molar-refractivity contribution in [2.45, 2.75) is 24.9 Å². The Labute approximate surface area is 262 Å². The number of ether oxygens (including phenoxy) is 1. The summed E-state index contributed by atoms with van der Waals surface area (Å²) in [4.78, 5) is 30.8. The second-order valence-electron chi connectivity index (χ2n) is 11.0. The Hall–Kier alpha value is -4.88. The van der Waals surface area contributed by atoms with E-state index in [1.165, 1.54) is 0 Å². The summed E-state index contributed by atoms with van der Waals surface area (Å²) in [5.74, 6) is -1.40. The van der Waals surface area contributed by atoms with E-state index in [2.05, 4.69) is 45.1 Å². The van der Waals surface area contributed by atoms with Gasteiger partial charge < -0.3 is 20.1 Å². The summed E-state index contributed by atoms with van der Waals surface area (Å²) < 4.78 is 39.5. The second-order valence-corrected chi connectivity index (χ2v) is 11.0. The molecule has 4 aromatic heterocycles. The molecular formula is C33H32F3N7O3. The topological polar surface area (TPSA) is 118 Å². The highest BCUT2D eigenvalue weighted by molar-refractivity contribution is 5.81. The van der Waals surface area contributed by atoms with Crippen molar-refractivity contribution in [2.75, 3.05) is 44.3 Å². The number of imidazole rings is 1. The van der Waals surface area contributed by atoms with Crippen LogP contribution in [0.15, 0.2) is 67.1 Å². The van der Waals surface area contributed by atoms with Crippen LogP contribution in [0.5, 0.6) is 0 Å². The lowest BCUT2D eigenvalue weighted by atomic mass is 9.96. The average molecular weight is 632 g/mol. The number of nitrogens with one attached hydrogen (secondary N) is 1. The van der Waals surface area contributed by atoms with Crippen LogP contribution in [0, 0.1) is 0 Å². The van der Waals surface area contributed by atoms with Gasteiger partial charge in [-0.2, -0.15) is 13.2 Å². The van der Waals surface area contributed by atoms with Gasteiger partial charge in [-0.25, -0.2) is 19.7 Å². The zero-order valence-electron chi connectivity index (χ0n) is 24.8. The second kappa shape index (κ2) is 13.6. The van der Waals surface area contributed by atoms with Crippen LogP contribution in [0.2, 0.25) is 0 Å². The minimum atomic E-state index is -5.08. The van der Waals surface area contributed by atoms with Crippen LogP contribution in [0.1, 0.15) is 35.8 Å². The summed E-state index contributed by atoms with van der Waals surface area (Å²) in [6.07, 6.45) is 6.92. The third-order valence-electron chi connectivity index (χ3n) is 7.92. The Morgan fingerprint density at radius 2 is 1.67 bits per heavy atom. The van der Waals surface area contributed by atoms with Crippen molar-refractivity contribution >= 4 is 40.5 Å². The van der Waals surface area contributed by atoms with E-state index in [9.17, 15) is 13.2 Å². The normalized spacial score (nSPS) is 16.1. The molecule has 2 saturated heterocycles. The maximum atomic E-state index is 10.6. The highest BCUT2D eigenvalue weighted by Crippen LogP contribution is 2.31. The molecule has 2 fully saturated rings. The number of aromatic nitrogens is 5. The van der Waals surface area contributed by atoms with E-state index < -0.39 is 12.1 Å². The lowest BCUT2D eigenvalue weighted by Gasteiger charge is -2.28. The number of alkyl halides is 3. The Morgan fingerprint density at radius 1 is 0.935 bits per heavy atom. The van der Waals surface area contributed by atoms with Gasteiger partial charge in [0.1, 0.15) is 5.82 Å². The summed E-state index contributed by atoms with van der Waals surface area (Å²) in [5.41, 5.74) is 6.71. The van der Waals surface area contributed by atoms with Gasteiger partial charge >= 0.3 is 12.1 Å². The number of carbonyl (C=O) groups is 1. The largest absolute Gasteiger partial charge is 0.490 e. The maximum absolute atomic E-state index is 10.6. The van der Waals surface area contributed by atoms with Crippen LogP contribution in [-0.4, -0.2) is 81.0 Å². The van der Waals surface area contributed by atoms with E-state index in [1.54, 1.807) is 0 Å². The number of rotatable bonds is 5. The van der Waals surface area contributed by atoms with Gasteiger partial charge in [0.2, 0.25) is 0 Å². The predicted molar refractivity (Wildman–Crippen MR) is 168 cm³/mol. The van der Waals surface area contributed by atoms with Gasteiger partial charge in [0.15, 0.2) is 5.65 Å². The number of carboxylic acid groups (broad SMARTS) is 1. The number of piperazine rings is 1. The van der Waals surface area contributed by atoms with Crippen molar-refractivity contribution in [1.29, 1.82) is 0 Å². The summed E-state index contributed by atoms with van der Waals surface area (Å²) in [6.45, 7) is 5.45. The van der Waals surface area contributed by atoms with Crippen molar-refractivity contribution in [2.24, 2.45) is 0 Å². The third-order valence-corrected chi connectivity index (χ3v) is 7.92. The molecule has 10 nitrogen and oxygen atoms in total. The lowest BCUT2D eigenvalue weighted by Crippen LogP contribution is -2.43. The van der Waals surface area contributed by atoms with Crippen molar-refractivity contribution in [3.05, 3.63) is 84.2 Å². The first-order valence-corrected chi connectivity index (χ1v) is 15.0. The molecular weight excluding hydrogens is 599 g/mol. The van der Waals surface area contributed by atoms with Crippen LogP contribution in [-0.2, 0) is 9.53 Å². The van der Waals surface area contributed by atoms with Crippen LogP contribution in [0.3, 0.4) is 0 Å². The summed E-state index contributed by atoms with van der Waals surface area (Å²) >= 11 is 0. The molecule has 238 valence electrons. The number of aliphatic carboxylic acids is 1. The zero-order chi connectivity index (χ0) is 32.1. The molecule has 2 N–H and O–H groups in total. The van der Waals surface area contributed by atoms with Gasteiger partial charge in [-0.15, -0.1) is 0 Å². The fourth-order valence-electron chi connectivity index (χ4n) is 5.53. The molecule has 5 aromatic rings. The van der Waals surface area contributed by atoms with Gasteiger partial charge in [-0.05, 0) is 49.3 Å². The Morgan fingerprint density at radius 3 is 2.39 bits per heavy atom. The zero-order valence-corrected chi connectivity index (χ0v) is 24.8. The van der Waals surface area contributed by atoms with E-state index in [0.29, 0.717) is 5.92 Å². The van der Waals surface area contributed by atoms with E-state index in [0.717, 1.165) is 103 Å². The molecule has 46 heavy (non-hydrogen) atoms. The molecule has 2 aliphatic rings. The van der Waals surface area contributed by atoms with Crippen molar-refractivity contribution in [3.8, 4) is 11.3 Å². The number of hydrogen-bond donors (Lipinski definition) is 2. The number of hydrogen-bond acceptors (Lipinski definition) is 8. The summed E-state index contributed by atoms with van der Waals surface area (Å²) in [6, 6.07) is 16.6. The van der Waals surface area contributed by atoms with Crippen molar-refractivity contribution < 1.29 is 27.8 Å². The van der Waals surface area contributed by atoms with Crippen LogP contribution in [0.25, 0.3) is 40.0 Å². The standard InChI is InChI=1S/C31H31N7O.C2HF3O2/c1-2-4-27-22(3-1)5-7-25(35-27)8-9-26-21-38-28(20-34-30(31(38)36-26)23-11-17-39-18-12-23)24-6-10-29(33-19-24)37-15-13-32-14-16-37;3-2(4,5)1(6)7/h1-10,19-21,23,32H,11-18H2;(H,6,7)/b9-8+;. The number of para-hydroxylation sites is 1.